The minimum Gasteiger partial charge on any atom is -0.357 e. The van der Waals surface area contributed by atoms with Crippen LogP contribution in [0.5, 0.6) is 0 Å². The quantitative estimate of drug-likeness (QED) is 0.553. The van der Waals surface area contributed by atoms with Gasteiger partial charge in [-0.3, -0.25) is 4.90 Å². The Morgan fingerprint density at radius 3 is 2.39 bits per heavy atom. The van der Waals surface area contributed by atoms with Crippen molar-refractivity contribution in [2.75, 3.05) is 72.0 Å². The second kappa shape index (κ2) is 11.8. The molecular weight excluding hydrogens is 406 g/mol. The van der Waals surface area contributed by atoms with Crippen LogP contribution in [-0.2, 0) is 13.0 Å². The summed E-state index contributed by atoms with van der Waals surface area (Å²) in [6.07, 6.45) is 2.47. The summed E-state index contributed by atoms with van der Waals surface area (Å²) in [5.41, 5.74) is 4.30. The molecule has 0 bridgehead atoms. The van der Waals surface area contributed by atoms with Crippen molar-refractivity contribution in [1.82, 2.24) is 24.6 Å². The SMILES string of the molecule is CCN(CC(C)C)CC(C)CN1CCN(CCCN2CCc3c([nH]c4ccccc34)C2)CC1. The number of nitrogens with one attached hydrogen (secondary N) is 1. The van der Waals surface area contributed by atoms with Crippen LogP contribution in [-0.4, -0.2) is 96.6 Å². The first-order chi connectivity index (χ1) is 16.0. The van der Waals surface area contributed by atoms with Crippen molar-refractivity contribution < 1.29 is 0 Å². The Morgan fingerprint density at radius 2 is 1.64 bits per heavy atom. The number of hydrogen-bond acceptors (Lipinski definition) is 4. The summed E-state index contributed by atoms with van der Waals surface area (Å²) in [6, 6.07) is 8.78. The highest BCUT2D eigenvalue weighted by Gasteiger charge is 2.22. The Labute approximate surface area is 202 Å². The van der Waals surface area contributed by atoms with Gasteiger partial charge in [0, 0.05) is 75.5 Å². The zero-order valence-corrected chi connectivity index (χ0v) is 21.7. The molecule has 184 valence electrons. The fraction of sp³-hybridized carbons (Fsp3) is 0.714. The highest BCUT2D eigenvalue weighted by atomic mass is 15.3. The van der Waals surface area contributed by atoms with Gasteiger partial charge in [-0.05, 0) is 55.9 Å². The summed E-state index contributed by atoms with van der Waals surface area (Å²) < 4.78 is 0. The zero-order valence-electron chi connectivity index (χ0n) is 21.7. The van der Waals surface area contributed by atoms with E-state index in [0.717, 1.165) is 18.4 Å². The van der Waals surface area contributed by atoms with Crippen LogP contribution < -0.4 is 0 Å². The Bertz CT molecular complexity index is 851. The van der Waals surface area contributed by atoms with Crippen LogP contribution in [0.2, 0.25) is 0 Å². The molecule has 0 aliphatic carbocycles. The van der Waals surface area contributed by atoms with Crippen molar-refractivity contribution in [3.05, 3.63) is 35.5 Å². The van der Waals surface area contributed by atoms with Crippen molar-refractivity contribution in [1.29, 1.82) is 0 Å². The summed E-state index contributed by atoms with van der Waals surface area (Å²) in [6.45, 7) is 24.0. The van der Waals surface area contributed by atoms with Gasteiger partial charge in [0.25, 0.3) is 0 Å². The van der Waals surface area contributed by atoms with E-state index in [-0.39, 0.29) is 0 Å². The highest BCUT2D eigenvalue weighted by Crippen LogP contribution is 2.27. The van der Waals surface area contributed by atoms with Crippen molar-refractivity contribution in [3.8, 4) is 0 Å². The van der Waals surface area contributed by atoms with E-state index in [1.54, 1.807) is 5.56 Å². The van der Waals surface area contributed by atoms with E-state index < -0.39 is 0 Å². The molecule has 33 heavy (non-hydrogen) atoms. The maximum Gasteiger partial charge on any atom is 0.0459 e. The van der Waals surface area contributed by atoms with E-state index >= 15 is 0 Å². The molecule has 1 atom stereocenters. The lowest BCUT2D eigenvalue weighted by Gasteiger charge is -2.37. The van der Waals surface area contributed by atoms with Crippen molar-refractivity contribution in [3.63, 3.8) is 0 Å². The molecule has 0 spiro atoms. The summed E-state index contributed by atoms with van der Waals surface area (Å²) in [5.74, 6) is 1.51. The van der Waals surface area contributed by atoms with E-state index in [2.05, 4.69) is 76.5 Å². The molecule has 2 aromatic rings. The lowest BCUT2D eigenvalue weighted by Crippen LogP contribution is -2.49. The van der Waals surface area contributed by atoms with E-state index in [1.807, 2.05) is 0 Å². The van der Waals surface area contributed by atoms with Gasteiger partial charge >= 0.3 is 0 Å². The molecule has 1 fully saturated rings. The lowest BCUT2D eigenvalue weighted by atomic mass is 10.0. The molecule has 0 radical (unpaired) electrons. The first-order valence-corrected chi connectivity index (χ1v) is 13.5. The lowest BCUT2D eigenvalue weighted by molar-refractivity contribution is 0.105. The van der Waals surface area contributed by atoms with E-state index in [1.165, 1.54) is 101 Å². The smallest absolute Gasteiger partial charge is 0.0459 e. The van der Waals surface area contributed by atoms with Crippen LogP contribution in [0.1, 0.15) is 45.4 Å². The van der Waals surface area contributed by atoms with Gasteiger partial charge in [-0.25, -0.2) is 0 Å². The zero-order chi connectivity index (χ0) is 23.2. The van der Waals surface area contributed by atoms with E-state index in [4.69, 9.17) is 0 Å². The molecule has 1 aromatic heterocycles. The number of fused-ring (bicyclic) bond motifs is 3. The molecular formula is C28H47N5. The molecule has 1 unspecified atom stereocenters. The molecule has 0 amide bonds. The number of rotatable bonds is 11. The summed E-state index contributed by atoms with van der Waals surface area (Å²) in [5, 5.41) is 1.43. The van der Waals surface area contributed by atoms with Crippen molar-refractivity contribution in [2.24, 2.45) is 11.8 Å². The van der Waals surface area contributed by atoms with Crippen LogP contribution in [0, 0.1) is 11.8 Å². The maximum absolute atomic E-state index is 3.67. The second-order valence-corrected chi connectivity index (χ2v) is 11.0. The summed E-state index contributed by atoms with van der Waals surface area (Å²) in [7, 11) is 0. The Kier molecular flexibility index (Phi) is 8.86. The average molecular weight is 454 g/mol. The first kappa shape index (κ1) is 24.7. The minimum atomic E-state index is 0.754. The fourth-order valence-corrected chi connectivity index (χ4v) is 5.94. The normalized spacial score (nSPS) is 19.6. The van der Waals surface area contributed by atoms with Gasteiger partial charge < -0.3 is 19.7 Å². The predicted octanol–water partition coefficient (Wildman–Crippen LogP) is 4.15. The minimum absolute atomic E-state index is 0.754. The number of hydrogen-bond donors (Lipinski definition) is 1. The van der Waals surface area contributed by atoms with Crippen LogP contribution in [0.15, 0.2) is 24.3 Å². The Balaban J connectivity index is 1.13. The van der Waals surface area contributed by atoms with Gasteiger partial charge in [-0.2, -0.15) is 0 Å². The average Bonchev–Trinajstić information content (AvgIpc) is 3.17. The van der Waals surface area contributed by atoms with E-state index in [9.17, 15) is 0 Å². The number of piperazine rings is 1. The van der Waals surface area contributed by atoms with Crippen LogP contribution in [0.25, 0.3) is 10.9 Å². The number of aromatic amines is 1. The monoisotopic (exact) mass is 453 g/mol. The Morgan fingerprint density at radius 1 is 0.909 bits per heavy atom. The molecule has 1 N–H and O–H groups in total. The van der Waals surface area contributed by atoms with Gasteiger partial charge in [0.2, 0.25) is 0 Å². The standard InChI is InChI=1S/C28H47N5/c1-5-30(19-23(2)3)20-24(4)21-33-17-15-31(16-18-33)12-8-13-32-14-11-26-25-9-6-7-10-27(25)29-28(26)22-32/h6-7,9-10,23-24,29H,5,8,11-22H2,1-4H3. The molecule has 5 heteroatoms. The van der Waals surface area contributed by atoms with Gasteiger partial charge in [0.15, 0.2) is 0 Å². The summed E-state index contributed by atoms with van der Waals surface area (Å²) in [4.78, 5) is 14.3. The first-order valence-electron chi connectivity index (χ1n) is 13.5. The van der Waals surface area contributed by atoms with Gasteiger partial charge in [-0.1, -0.05) is 45.9 Å². The maximum atomic E-state index is 3.67. The molecule has 5 nitrogen and oxygen atoms in total. The fourth-order valence-electron chi connectivity index (χ4n) is 5.94. The number of para-hydroxylation sites is 1. The summed E-state index contributed by atoms with van der Waals surface area (Å²) >= 11 is 0. The molecule has 1 aromatic carbocycles. The molecule has 4 rings (SSSR count). The largest absolute Gasteiger partial charge is 0.357 e. The number of nitrogens with zero attached hydrogens (tertiary/aromatic N) is 4. The topological polar surface area (TPSA) is 28.8 Å². The second-order valence-electron chi connectivity index (χ2n) is 11.0. The predicted molar refractivity (Wildman–Crippen MR) is 141 cm³/mol. The molecule has 3 heterocycles. The van der Waals surface area contributed by atoms with E-state index in [0.29, 0.717) is 0 Å². The number of benzene rings is 1. The molecule has 2 aliphatic heterocycles. The van der Waals surface area contributed by atoms with Crippen LogP contribution in [0.3, 0.4) is 0 Å². The van der Waals surface area contributed by atoms with Crippen LogP contribution >= 0.6 is 0 Å². The Hall–Kier alpha value is -1.40. The third kappa shape index (κ3) is 6.82. The number of aromatic nitrogens is 1. The van der Waals surface area contributed by atoms with Crippen molar-refractivity contribution in [2.45, 2.75) is 47.1 Å². The van der Waals surface area contributed by atoms with Crippen molar-refractivity contribution >= 4 is 10.9 Å². The third-order valence-corrected chi connectivity index (χ3v) is 7.59. The highest BCUT2D eigenvalue weighted by molar-refractivity contribution is 5.84. The van der Waals surface area contributed by atoms with Crippen LogP contribution in [0.4, 0.5) is 0 Å². The molecule has 1 saturated heterocycles. The molecule has 2 aliphatic rings. The van der Waals surface area contributed by atoms with Gasteiger partial charge in [0.05, 0.1) is 0 Å². The van der Waals surface area contributed by atoms with Gasteiger partial charge in [-0.15, -0.1) is 0 Å². The third-order valence-electron chi connectivity index (χ3n) is 7.59. The van der Waals surface area contributed by atoms with Gasteiger partial charge in [0.1, 0.15) is 0 Å². The molecule has 0 saturated carbocycles. The number of H-pyrrole nitrogens is 1.